The second kappa shape index (κ2) is 5.58. The van der Waals surface area contributed by atoms with Crippen molar-refractivity contribution < 1.29 is 4.92 Å². The first-order valence-corrected chi connectivity index (χ1v) is 5.96. The van der Waals surface area contributed by atoms with Gasteiger partial charge in [-0.3, -0.25) is 10.1 Å². The van der Waals surface area contributed by atoms with E-state index in [0.717, 1.165) is 5.56 Å². The Hall–Kier alpha value is -2.27. The zero-order valence-corrected chi connectivity index (χ0v) is 10.7. The summed E-state index contributed by atoms with van der Waals surface area (Å²) in [4.78, 5) is 10.1. The van der Waals surface area contributed by atoms with Crippen LogP contribution in [-0.2, 0) is 6.54 Å². The first-order chi connectivity index (χ1) is 9.06. The minimum atomic E-state index is -0.475. The van der Waals surface area contributed by atoms with Crippen molar-refractivity contribution in [1.82, 2.24) is 0 Å². The van der Waals surface area contributed by atoms with Gasteiger partial charge >= 0.3 is 0 Å². The lowest BCUT2D eigenvalue weighted by Crippen LogP contribution is -2.03. The average Bonchev–Trinajstić information content (AvgIpc) is 2.37. The number of nitro benzene ring substituents is 1. The number of halogens is 1. The quantitative estimate of drug-likeness (QED) is 0.509. The summed E-state index contributed by atoms with van der Waals surface area (Å²) in [6.07, 6.45) is 0. The normalized spacial score (nSPS) is 10.2. The second-order valence-electron chi connectivity index (χ2n) is 4.01. The second-order valence-corrected chi connectivity index (χ2v) is 4.45. The van der Waals surface area contributed by atoms with E-state index in [0.29, 0.717) is 22.9 Å². The van der Waals surface area contributed by atoms with E-state index in [9.17, 15) is 10.1 Å². The van der Waals surface area contributed by atoms with Gasteiger partial charge in [0.15, 0.2) is 0 Å². The van der Waals surface area contributed by atoms with Gasteiger partial charge in [-0.05, 0) is 23.8 Å². The van der Waals surface area contributed by atoms with Crippen LogP contribution in [0.3, 0.4) is 0 Å². The molecular weight excluding hydrogens is 266 g/mol. The summed E-state index contributed by atoms with van der Waals surface area (Å²) in [6.45, 7) is 0.544. The van der Waals surface area contributed by atoms with Gasteiger partial charge in [0, 0.05) is 23.7 Å². The average molecular weight is 278 g/mol. The van der Waals surface area contributed by atoms with Crippen LogP contribution in [0.1, 0.15) is 5.56 Å². The Balaban J connectivity index is 2.10. The van der Waals surface area contributed by atoms with Crippen LogP contribution in [0, 0.1) is 10.1 Å². The van der Waals surface area contributed by atoms with E-state index < -0.39 is 4.92 Å². The highest BCUT2D eigenvalue weighted by Gasteiger charge is 2.08. The lowest BCUT2D eigenvalue weighted by Gasteiger charge is -2.09. The maximum Gasteiger partial charge on any atom is 0.271 e. The fourth-order valence-electron chi connectivity index (χ4n) is 1.67. The summed E-state index contributed by atoms with van der Waals surface area (Å²) in [6, 6.07) is 11.8. The zero-order valence-electron chi connectivity index (χ0n) is 9.97. The van der Waals surface area contributed by atoms with Crippen molar-refractivity contribution in [2.75, 3.05) is 11.1 Å². The molecular formula is C13H12ClN3O2. The standard InChI is InChI=1S/C13H12ClN3O2/c14-10-3-1-2-9(6-10)8-16-13-5-4-11(17(18)19)7-12(13)15/h1-7,16H,8,15H2. The van der Waals surface area contributed by atoms with Crippen molar-refractivity contribution in [3.8, 4) is 0 Å². The molecule has 0 saturated heterocycles. The van der Waals surface area contributed by atoms with E-state index in [2.05, 4.69) is 5.32 Å². The fourth-order valence-corrected chi connectivity index (χ4v) is 1.88. The van der Waals surface area contributed by atoms with Crippen LogP contribution in [0.15, 0.2) is 42.5 Å². The fraction of sp³-hybridized carbons (Fsp3) is 0.0769. The van der Waals surface area contributed by atoms with Crippen LogP contribution < -0.4 is 11.1 Å². The maximum absolute atomic E-state index is 10.6. The van der Waals surface area contributed by atoms with Gasteiger partial charge in [0.05, 0.1) is 16.3 Å². The third-order valence-corrected chi connectivity index (χ3v) is 2.85. The van der Waals surface area contributed by atoms with Crippen LogP contribution in [0.4, 0.5) is 17.1 Å². The number of hydrogen-bond acceptors (Lipinski definition) is 4. The molecule has 0 unspecified atom stereocenters. The topological polar surface area (TPSA) is 81.2 Å². The summed E-state index contributed by atoms with van der Waals surface area (Å²) in [5, 5.41) is 14.4. The first kappa shape index (κ1) is 13.2. The van der Waals surface area contributed by atoms with Gasteiger partial charge < -0.3 is 11.1 Å². The molecule has 0 aromatic heterocycles. The number of nitrogen functional groups attached to an aromatic ring is 1. The predicted molar refractivity (Wildman–Crippen MR) is 76.3 cm³/mol. The van der Waals surface area contributed by atoms with E-state index in [1.165, 1.54) is 12.1 Å². The molecule has 0 heterocycles. The summed E-state index contributed by atoms with van der Waals surface area (Å²) in [5.41, 5.74) is 7.74. The summed E-state index contributed by atoms with van der Waals surface area (Å²) in [5.74, 6) is 0. The summed E-state index contributed by atoms with van der Waals surface area (Å²) >= 11 is 5.89. The van der Waals surface area contributed by atoms with Crippen molar-refractivity contribution in [3.63, 3.8) is 0 Å². The Bertz CT molecular complexity index is 617. The van der Waals surface area contributed by atoms with Gasteiger partial charge in [-0.25, -0.2) is 0 Å². The van der Waals surface area contributed by atoms with Gasteiger partial charge in [0.25, 0.3) is 5.69 Å². The van der Waals surface area contributed by atoms with Crippen LogP contribution in [-0.4, -0.2) is 4.92 Å². The molecule has 0 amide bonds. The molecule has 2 aromatic carbocycles. The van der Waals surface area contributed by atoms with E-state index in [1.54, 1.807) is 12.1 Å². The van der Waals surface area contributed by atoms with E-state index >= 15 is 0 Å². The minimum absolute atomic E-state index is 0.0224. The number of hydrogen-bond donors (Lipinski definition) is 2. The van der Waals surface area contributed by atoms with Crippen molar-refractivity contribution in [2.24, 2.45) is 0 Å². The van der Waals surface area contributed by atoms with Crippen LogP contribution in [0.25, 0.3) is 0 Å². The van der Waals surface area contributed by atoms with Gasteiger partial charge in [-0.2, -0.15) is 0 Å². The Morgan fingerprint density at radius 2 is 2.05 bits per heavy atom. The lowest BCUT2D eigenvalue weighted by atomic mass is 10.2. The number of anilines is 2. The largest absolute Gasteiger partial charge is 0.397 e. The van der Waals surface area contributed by atoms with Gasteiger partial charge in [-0.1, -0.05) is 23.7 Å². The summed E-state index contributed by atoms with van der Waals surface area (Å²) < 4.78 is 0. The number of nitrogens with one attached hydrogen (secondary N) is 1. The number of nitro groups is 1. The van der Waals surface area contributed by atoms with Crippen molar-refractivity contribution in [1.29, 1.82) is 0 Å². The van der Waals surface area contributed by atoms with E-state index in [1.807, 2.05) is 18.2 Å². The third kappa shape index (κ3) is 3.35. The minimum Gasteiger partial charge on any atom is -0.397 e. The molecule has 2 aromatic rings. The van der Waals surface area contributed by atoms with E-state index in [-0.39, 0.29) is 5.69 Å². The zero-order chi connectivity index (χ0) is 13.8. The highest BCUT2D eigenvalue weighted by molar-refractivity contribution is 6.30. The summed E-state index contributed by atoms with van der Waals surface area (Å²) in [7, 11) is 0. The predicted octanol–water partition coefficient (Wildman–Crippen LogP) is 3.44. The molecule has 0 atom stereocenters. The molecule has 0 radical (unpaired) electrons. The number of non-ortho nitro benzene ring substituents is 1. The molecule has 2 rings (SSSR count). The molecule has 0 bridgehead atoms. The highest BCUT2D eigenvalue weighted by atomic mass is 35.5. The molecule has 98 valence electrons. The SMILES string of the molecule is Nc1cc([N+](=O)[O-])ccc1NCc1cccc(Cl)c1. The third-order valence-electron chi connectivity index (χ3n) is 2.62. The maximum atomic E-state index is 10.6. The molecule has 0 aliphatic carbocycles. The Morgan fingerprint density at radius 1 is 1.26 bits per heavy atom. The van der Waals surface area contributed by atoms with Crippen molar-refractivity contribution >= 4 is 28.7 Å². The number of nitrogens with zero attached hydrogens (tertiary/aromatic N) is 1. The molecule has 0 fully saturated rings. The van der Waals surface area contributed by atoms with Crippen LogP contribution in [0.5, 0.6) is 0 Å². The van der Waals surface area contributed by atoms with Crippen LogP contribution in [0.2, 0.25) is 5.02 Å². The molecule has 3 N–H and O–H groups in total. The lowest BCUT2D eigenvalue weighted by molar-refractivity contribution is -0.384. The monoisotopic (exact) mass is 277 g/mol. The van der Waals surface area contributed by atoms with Crippen molar-refractivity contribution in [3.05, 3.63) is 63.2 Å². The molecule has 19 heavy (non-hydrogen) atoms. The Kier molecular flexibility index (Phi) is 3.87. The van der Waals surface area contributed by atoms with Gasteiger partial charge in [-0.15, -0.1) is 0 Å². The molecule has 6 heteroatoms. The first-order valence-electron chi connectivity index (χ1n) is 5.58. The molecule has 0 saturated carbocycles. The number of rotatable bonds is 4. The smallest absolute Gasteiger partial charge is 0.271 e. The Labute approximate surface area is 115 Å². The number of nitrogens with two attached hydrogens (primary N) is 1. The highest BCUT2D eigenvalue weighted by Crippen LogP contribution is 2.24. The van der Waals surface area contributed by atoms with Crippen LogP contribution >= 0.6 is 11.6 Å². The molecule has 5 nitrogen and oxygen atoms in total. The Morgan fingerprint density at radius 3 is 2.68 bits per heavy atom. The molecule has 0 aliphatic heterocycles. The molecule has 0 spiro atoms. The van der Waals surface area contributed by atoms with Gasteiger partial charge in [0.1, 0.15) is 0 Å². The molecule has 0 aliphatic rings. The van der Waals surface area contributed by atoms with Gasteiger partial charge in [0.2, 0.25) is 0 Å². The number of benzene rings is 2. The van der Waals surface area contributed by atoms with E-state index in [4.69, 9.17) is 17.3 Å². The van der Waals surface area contributed by atoms with Crippen molar-refractivity contribution in [2.45, 2.75) is 6.54 Å².